The van der Waals surface area contributed by atoms with Crippen LogP contribution in [0.4, 0.5) is 0 Å². The van der Waals surface area contributed by atoms with Crippen molar-refractivity contribution in [3.63, 3.8) is 0 Å². The lowest BCUT2D eigenvalue weighted by molar-refractivity contribution is -0.121. The van der Waals surface area contributed by atoms with Gasteiger partial charge in [0.05, 0.1) is 11.7 Å². The van der Waals surface area contributed by atoms with Crippen LogP contribution in [0.25, 0.3) is 0 Å². The molecule has 1 N–H and O–H groups in total. The van der Waals surface area contributed by atoms with Crippen molar-refractivity contribution >= 4 is 15.9 Å². The maximum Gasteiger partial charge on any atom is 0.237 e. The van der Waals surface area contributed by atoms with Crippen LogP contribution in [0.2, 0.25) is 0 Å². The lowest BCUT2D eigenvalue weighted by Gasteiger charge is -1.98. The minimum Gasteiger partial charge on any atom is -0.274 e. The van der Waals surface area contributed by atoms with Crippen molar-refractivity contribution in [2.24, 2.45) is 5.92 Å². The van der Waals surface area contributed by atoms with Crippen LogP contribution < -0.4 is 4.72 Å². The summed E-state index contributed by atoms with van der Waals surface area (Å²) in [5, 5.41) is 0. The standard InChI is InChI=1S/C6H11NO3S/c1-2-3-5-4-11(9,10)7-6(5)8/h5H,2-4H2,1H3,(H,7,8). The highest BCUT2D eigenvalue weighted by atomic mass is 32.2. The Bertz CT molecular complexity index is 257. The number of rotatable bonds is 2. The predicted octanol–water partition coefficient (Wildman–Crippen LogP) is -0.138. The summed E-state index contributed by atoms with van der Waals surface area (Å²) in [5.41, 5.74) is 0. The number of carbonyl (C=O) groups is 1. The van der Waals surface area contributed by atoms with Crippen LogP contribution in [0.5, 0.6) is 0 Å². The van der Waals surface area contributed by atoms with Gasteiger partial charge in [-0.1, -0.05) is 13.3 Å². The molecule has 1 aliphatic heterocycles. The molecule has 0 bridgehead atoms. The Morgan fingerprint density at radius 2 is 2.27 bits per heavy atom. The van der Waals surface area contributed by atoms with Crippen molar-refractivity contribution in [1.29, 1.82) is 0 Å². The first-order chi connectivity index (χ1) is 5.05. The molecule has 1 saturated heterocycles. The Morgan fingerprint density at radius 1 is 1.64 bits per heavy atom. The smallest absolute Gasteiger partial charge is 0.237 e. The molecular weight excluding hydrogens is 166 g/mol. The maximum atomic E-state index is 10.9. The molecule has 1 atom stereocenters. The lowest BCUT2D eigenvalue weighted by atomic mass is 10.1. The number of sulfonamides is 1. The average Bonchev–Trinajstić information content (AvgIpc) is 2.07. The van der Waals surface area contributed by atoms with Gasteiger partial charge in [-0.2, -0.15) is 0 Å². The van der Waals surface area contributed by atoms with Gasteiger partial charge in [0, 0.05) is 0 Å². The zero-order valence-corrected chi connectivity index (χ0v) is 7.15. The van der Waals surface area contributed by atoms with Crippen LogP contribution in [-0.4, -0.2) is 20.1 Å². The van der Waals surface area contributed by atoms with Crippen LogP contribution in [0.1, 0.15) is 19.8 Å². The van der Waals surface area contributed by atoms with Crippen LogP contribution >= 0.6 is 0 Å². The van der Waals surface area contributed by atoms with E-state index >= 15 is 0 Å². The molecule has 1 aliphatic rings. The van der Waals surface area contributed by atoms with Gasteiger partial charge in [0.2, 0.25) is 15.9 Å². The lowest BCUT2D eigenvalue weighted by Crippen LogP contribution is -2.22. The van der Waals surface area contributed by atoms with Crippen LogP contribution in [0.15, 0.2) is 0 Å². The number of nitrogens with one attached hydrogen (secondary N) is 1. The minimum atomic E-state index is -3.27. The van der Waals surface area contributed by atoms with E-state index in [1.54, 1.807) is 0 Å². The monoisotopic (exact) mass is 177 g/mol. The topological polar surface area (TPSA) is 63.2 Å². The van der Waals surface area contributed by atoms with Gasteiger partial charge >= 0.3 is 0 Å². The molecule has 1 fully saturated rings. The zero-order chi connectivity index (χ0) is 8.48. The third-order valence-electron chi connectivity index (χ3n) is 1.68. The van der Waals surface area contributed by atoms with Crippen molar-refractivity contribution in [3.05, 3.63) is 0 Å². The highest BCUT2D eigenvalue weighted by molar-refractivity contribution is 7.90. The SMILES string of the molecule is CCCC1CS(=O)(=O)NC1=O. The molecule has 0 aromatic carbocycles. The predicted molar refractivity (Wildman–Crippen MR) is 40.3 cm³/mol. The number of hydrogen-bond donors (Lipinski definition) is 1. The van der Waals surface area contributed by atoms with Gasteiger partial charge in [-0.15, -0.1) is 0 Å². The summed E-state index contributed by atoms with van der Waals surface area (Å²) in [6.45, 7) is 1.93. The average molecular weight is 177 g/mol. The van der Waals surface area contributed by atoms with E-state index in [-0.39, 0.29) is 17.6 Å². The van der Waals surface area contributed by atoms with Crippen molar-refractivity contribution in [2.45, 2.75) is 19.8 Å². The van der Waals surface area contributed by atoms with E-state index in [0.717, 1.165) is 6.42 Å². The first-order valence-corrected chi connectivity index (χ1v) is 5.24. The number of amides is 1. The van der Waals surface area contributed by atoms with Crippen LogP contribution in [-0.2, 0) is 14.8 Å². The summed E-state index contributed by atoms with van der Waals surface area (Å²) < 4.78 is 23.5. The third kappa shape index (κ3) is 1.92. The first kappa shape index (κ1) is 8.52. The molecule has 0 spiro atoms. The number of carbonyl (C=O) groups excluding carboxylic acids is 1. The molecule has 0 aromatic rings. The van der Waals surface area contributed by atoms with Crippen molar-refractivity contribution < 1.29 is 13.2 Å². The maximum absolute atomic E-state index is 10.9. The van der Waals surface area contributed by atoms with Crippen molar-refractivity contribution in [1.82, 2.24) is 4.72 Å². The van der Waals surface area contributed by atoms with E-state index in [1.807, 2.05) is 11.6 Å². The fourth-order valence-electron chi connectivity index (χ4n) is 1.18. The van der Waals surface area contributed by atoms with Crippen LogP contribution in [0, 0.1) is 5.92 Å². The highest BCUT2D eigenvalue weighted by Crippen LogP contribution is 2.15. The molecule has 1 amide bonds. The molecule has 0 aliphatic carbocycles. The highest BCUT2D eigenvalue weighted by Gasteiger charge is 2.34. The molecule has 1 unspecified atom stereocenters. The van der Waals surface area contributed by atoms with E-state index in [0.29, 0.717) is 6.42 Å². The molecule has 64 valence electrons. The summed E-state index contributed by atoms with van der Waals surface area (Å²) in [6.07, 6.45) is 1.50. The molecule has 0 saturated carbocycles. The second-order valence-electron chi connectivity index (χ2n) is 2.73. The van der Waals surface area contributed by atoms with Crippen LogP contribution in [0.3, 0.4) is 0 Å². The fourth-order valence-corrected chi connectivity index (χ4v) is 2.59. The van der Waals surface area contributed by atoms with Gasteiger partial charge in [0.15, 0.2) is 0 Å². The fraction of sp³-hybridized carbons (Fsp3) is 0.833. The van der Waals surface area contributed by atoms with Crippen molar-refractivity contribution in [2.75, 3.05) is 5.75 Å². The van der Waals surface area contributed by atoms with E-state index in [2.05, 4.69) is 0 Å². The molecule has 1 heterocycles. The quantitative estimate of drug-likeness (QED) is 0.638. The van der Waals surface area contributed by atoms with E-state index in [9.17, 15) is 13.2 Å². The second kappa shape index (κ2) is 2.81. The largest absolute Gasteiger partial charge is 0.274 e. The Kier molecular flexibility index (Phi) is 2.17. The van der Waals surface area contributed by atoms with Gasteiger partial charge in [-0.3, -0.25) is 9.52 Å². The van der Waals surface area contributed by atoms with Gasteiger partial charge in [-0.25, -0.2) is 8.42 Å². The van der Waals surface area contributed by atoms with E-state index in [4.69, 9.17) is 0 Å². The molecule has 1 rings (SSSR count). The second-order valence-corrected chi connectivity index (χ2v) is 4.50. The van der Waals surface area contributed by atoms with E-state index in [1.165, 1.54) is 0 Å². The van der Waals surface area contributed by atoms with E-state index < -0.39 is 10.0 Å². The van der Waals surface area contributed by atoms with Gasteiger partial charge in [-0.05, 0) is 6.42 Å². The molecule has 4 nitrogen and oxygen atoms in total. The van der Waals surface area contributed by atoms with Gasteiger partial charge in [0.25, 0.3) is 0 Å². The molecule has 0 radical (unpaired) electrons. The summed E-state index contributed by atoms with van der Waals surface area (Å²) in [5.74, 6) is -0.684. The normalized spacial score (nSPS) is 28.5. The molecule has 0 aromatic heterocycles. The Balaban J connectivity index is 2.67. The Labute approximate surface area is 66.0 Å². The first-order valence-electron chi connectivity index (χ1n) is 3.59. The molecular formula is C6H11NO3S. The summed E-state index contributed by atoms with van der Waals surface area (Å²) in [7, 11) is -3.27. The Morgan fingerprint density at radius 3 is 2.64 bits per heavy atom. The summed E-state index contributed by atoms with van der Waals surface area (Å²) in [6, 6.07) is 0. The summed E-state index contributed by atoms with van der Waals surface area (Å²) >= 11 is 0. The molecule has 11 heavy (non-hydrogen) atoms. The van der Waals surface area contributed by atoms with Gasteiger partial charge in [0.1, 0.15) is 0 Å². The number of hydrogen-bond acceptors (Lipinski definition) is 3. The molecule has 5 heteroatoms. The van der Waals surface area contributed by atoms with Gasteiger partial charge < -0.3 is 0 Å². The third-order valence-corrected chi connectivity index (χ3v) is 3.04. The zero-order valence-electron chi connectivity index (χ0n) is 6.33. The minimum absolute atomic E-state index is 0.0281. The van der Waals surface area contributed by atoms with Crippen molar-refractivity contribution in [3.8, 4) is 0 Å². The summed E-state index contributed by atoms with van der Waals surface area (Å²) in [4.78, 5) is 10.9. The Hall–Kier alpha value is -0.580.